The van der Waals surface area contributed by atoms with Crippen LogP contribution in [0.15, 0.2) is 12.2 Å². The Morgan fingerprint density at radius 1 is 1.54 bits per heavy atom. The van der Waals surface area contributed by atoms with E-state index in [1.807, 2.05) is 6.92 Å². The number of hydrogen-bond acceptors (Lipinski definition) is 3. The highest BCUT2D eigenvalue weighted by Gasteiger charge is 2.33. The van der Waals surface area contributed by atoms with Gasteiger partial charge in [0.25, 0.3) is 0 Å². The molecule has 0 aliphatic carbocycles. The number of carbonyl (C=O) groups is 1. The van der Waals surface area contributed by atoms with Gasteiger partial charge in [-0.1, -0.05) is 6.58 Å². The van der Waals surface area contributed by atoms with E-state index in [9.17, 15) is 4.79 Å². The monoisotopic (exact) mass is 184 g/mol. The van der Waals surface area contributed by atoms with E-state index in [1.54, 1.807) is 0 Å². The van der Waals surface area contributed by atoms with Crippen molar-refractivity contribution >= 4 is 6.29 Å². The Balaban J connectivity index is 2.33. The Labute approximate surface area is 78.7 Å². The van der Waals surface area contributed by atoms with Crippen molar-refractivity contribution in [1.82, 2.24) is 0 Å². The van der Waals surface area contributed by atoms with Gasteiger partial charge in [-0.3, -0.25) is 0 Å². The molecule has 3 heteroatoms. The van der Waals surface area contributed by atoms with Crippen LogP contribution in [0.4, 0.5) is 0 Å². The number of ether oxygens (including phenoxy) is 2. The lowest BCUT2D eigenvalue weighted by atomic mass is 10.0. The molecule has 1 fully saturated rings. The molecule has 1 heterocycles. The zero-order valence-electron chi connectivity index (χ0n) is 8.04. The molecule has 3 nitrogen and oxygen atoms in total. The molecule has 0 N–H and O–H groups in total. The molecule has 0 aromatic carbocycles. The summed E-state index contributed by atoms with van der Waals surface area (Å²) in [6, 6.07) is 0. The molecular formula is C10H16O3. The van der Waals surface area contributed by atoms with E-state index in [0.29, 0.717) is 19.6 Å². The van der Waals surface area contributed by atoms with Gasteiger partial charge in [0, 0.05) is 6.42 Å². The smallest absolute Gasteiger partial charge is 0.187 e. The van der Waals surface area contributed by atoms with Crippen LogP contribution in [0.1, 0.15) is 26.2 Å². The molecule has 74 valence electrons. The van der Waals surface area contributed by atoms with Crippen LogP contribution in [-0.2, 0) is 14.3 Å². The largest absolute Gasteiger partial charge is 0.344 e. The summed E-state index contributed by atoms with van der Waals surface area (Å²) in [6.07, 6.45) is 3.11. The highest BCUT2D eigenvalue weighted by Crippen LogP contribution is 2.29. The van der Waals surface area contributed by atoms with Crippen LogP contribution in [-0.4, -0.2) is 25.3 Å². The van der Waals surface area contributed by atoms with Gasteiger partial charge < -0.3 is 14.3 Å². The van der Waals surface area contributed by atoms with Crippen molar-refractivity contribution in [1.29, 1.82) is 0 Å². The van der Waals surface area contributed by atoms with Gasteiger partial charge in [-0.15, -0.1) is 0 Å². The lowest BCUT2D eigenvalue weighted by Crippen LogP contribution is -2.27. The molecule has 0 aromatic rings. The first-order chi connectivity index (χ1) is 6.19. The van der Waals surface area contributed by atoms with Gasteiger partial charge >= 0.3 is 0 Å². The van der Waals surface area contributed by atoms with Gasteiger partial charge in [-0.05, 0) is 25.3 Å². The fraction of sp³-hybridized carbons (Fsp3) is 0.700. The summed E-state index contributed by atoms with van der Waals surface area (Å²) < 4.78 is 10.8. The number of aldehydes is 1. The Morgan fingerprint density at radius 3 is 2.69 bits per heavy atom. The topological polar surface area (TPSA) is 35.5 Å². The summed E-state index contributed by atoms with van der Waals surface area (Å²) in [7, 11) is 0. The third-order valence-electron chi connectivity index (χ3n) is 2.28. The fourth-order valence-corrected chi connectivity index (χ4v) is 1.34. The van der Waals surface area contributed by atoms with Crippen molar-refractivity contribution in [2.45, 2.75) is 32.0 Å². The maximum atomic E-state index is 10.1. The average molecular weight is 184 g/mol. The van der Waals surface area contributed by atoms with Crippen molar-refractivity contribution in [3.05, 3.63) is 12.2 Å². The second-order valence-electron chi connectivity index (χ2n) is 3.31. The average Bonchev–Trinajstić information content (AvgIpc) is 2.54. The van der Waals surface area contributed by atoms with E-state index < -0.39 is 5.79 Å². The van der Waals surface area contributed by atoms with Gasteiger partial charge in [-0.2, -0.15) is 0 Å². The highest BCUT2D eigenvalue weighted by molar-refractivity contribution is 5.49. The molecule has 0 amide bonds. The summed E-state index contributed by atoms with van der Waals surface area (Å²) in [4.78, 5) is 10.1. The van der Waals surface area contributed by atoms with E-state index >= 15 is 0 Å². The molecule has 0 spiro atoms. The summed E-state index contributed by atoms with van der Waals surface area (Å²) in [5.74, 6) is -0.608. The summed E-state index contributed by atoms with van der Waals surface area (Å²) in [6.45, 7) is 7.05. The highest BCUT2D eigenvalue weighted by atomic mass is 16.7. The third-order valence-corrected chi connectivity index (χ3v) is 2.28. The molecule has 1 saturated heterocycles. The molecule has 1 rings (SSSR count). The summed E-state index contributed by atoms with van der Waals surface area (Å²) in [5.41, 5.74) is 0.923. The zero-order valence-corrected chi connectivity index (χ0v) is 8.04. The number of hydrogen-bond donors (Lipinski definition) is 0. The molecule has 0 saturated carbocycles. The van der Waals surface area contributed by atoms with E-state index in [1.165, 1.54) is 0 Å². The van der Waals surface area contributed by atoms with Crippen molar-refractivity contribution in [3.8, 4) is 0 Å². The maximum Gasteiger partial charge on any atom is 0.187 e. The summed E-state index contributed by atoms with van der Waals surface area (Å²) >= 11 is 0. The molecule has 0 atom stereocenters. The minimum atomic E-state index is -0.608. The molecule has 0 bridgehead atoms. The van der Waals surface area contributed by atoms with Crippen LogP contribution < -0.4 is 0 Å². The number of unbranched alkanes of at least 4 members (excludes halogenated alkanes) is 1. The van der Waals surface area contributed by atoms with Crippen molar-refractivity contribution < 1.29 is 14.3 Å². The molecule has 0 radical (unpaired) electrons. The van der Waals surface area contributed by atoms with Gasteiger partial charge in [0.2, 0.25) is 0 Å². The number of rotatable bonds is 5. The quantitative estimate of drug-likeness (QED) is 0.370. The Hall–Kier alpha value is -0.670. The minimum absolute atomic E-state index is 0.578. The predicted molar refractivity (Wildman–Crippen MR) is 49.4 cm³/mol. The first-order valence-electron chi connectivity index (χ1n) is 4.59. The first kappa shape index (κ1) is 10.4. The normalized spacial score (nSPS) is 20.1. The number of carbonyl (C=O) groups excluding carboxylic acids is 1. The molecule has 1 aliphatic heterocycles. The van der Waals surface area contributed by atoms with Crippen molar-refractivity contribution in [2.75, 3.05) is 13.2 Å². The second kappa shape index (κ2) is 4.53. The Morgan fingerprint density at radius 2 is 2.15 bits per heavy atom. The lowest BCUT2D eigenvalue weighted by molar-refractivity contribution is -0.113. The van der Waals surface area contributed by atoms with Gasteiger partial charge in [0.05, 0.1) is 13.2 Å². The van der Waals surface area contributed by atoms with Crippen molar-refractivity contribution in [3.63, 3.8) is 0 Å². The Bertz CT molecular complexity index is 192. The second-order valence-corrected chi connectivity index (χ2v) is 3.31. The summed E-state index contributed by atoms with van der Waals surface area (Å²) in [5, 5.41) is 0. The van der Waals surface area contributed by atoms with Crippen LogP contribution in [0, 0.1) is 0 Å². The fourth-order valence-electron chi connectivity index (χ4n) is 1.34. The molecule has 13 heavy (non-hydrogen) atoms. The maximum absolute atomic E-state index is 10.1. The van der Waals surface area contributed by atoms with Gasteiger partial charge in [0.1, 0.15) is 6.29 Å². The zero-order chi connectivity index (χ0) is 9.73. The standard InChI is InChI=1S/C10H16O3/c1-9(5-3-4-6-11)10(2)12-7-8-13-10/h6H,1,3-5,7-8H2,2H3. The van der Waals surface area contributed by atoms with Crippen LogP contribution >= 0.6 is 0 Å². The molecular weight excluding hydrogens is 168 g/mol. The van der Waals surface area contributed by atoms with E-state index in [2.05, 4.69) is 6.58 Å². The molecule has 0 aromatic heterocycles. The van der Waals surface area contributed by atoms with Gasteiger partial charge in [0.15, 0.2) is 5.79 Å². The van der Waals surface area contributed by atoms with Crippen LogP contribution in [0.3, 0.4) is 0 Å². The van der Waals surface area contributed by atoms with Crippen LogP contribution in [0.25, 0.3) is 0 Å². The van der Waals surface area contributed by atoms with Gasteiger partial charge in [-0.25, -0.2) is 0 Å². The lowest BCUT2D eigenvalue weighted by Gasteiger charge is -2.24. The van der Waals surface area contributed by atoms with Crippen LogP contribution in [0.5, 0.6) is 0 Å². The van der Waals surface area contributed by atoms with Crippen LogP contribution in [0.2, 0.25) is 0 Å². The Kier molecular flexibility index (Phi) is 3.63. The molecule has 1 aliphatic rings. The van der Waals surface area contributed by atoms with E-state index in [0.717, 1.165) is 24.7 Å². The third kappa shape index (κ3) is 2.64. The molecule has 0 unspecified atom stereocenters. The minimum Gasteiger partial charge on any atom is -0.344 e. The van der Waals surface area contributed by atoms with E-state index in [-0.39, 0.29) is 0 Å². The van der Waals surface area contributed by atoms with Crippen molar-refractivity contribution in [2.24, 2.45) is 0 Å². The first-order valence-corrected chi connectivity index (χ1v) is 4.59. The van der Waals surface area contributed by atoms with E-state index in [4.69, 9.17) is 9.47 Å². The predicted octanol–water partition coefficient (Wildman–Crippen LogP) is 1.67. The SMILES string of the molecule is C=C(CCCC=O)C1(C)OCCO1.